The highest BCUT2D eigenvalue weighted by molar-refractivity contribution is 6.15. The van der Waals surface area contributed by atoms with Gasteiger partial charge in [0.2, 0.25) is 0 Å². The molecule has 1 N–H and O–H groups in total. The van der Waals surface area contributed by atoms with Crippen molar-refractivity contribution in [1.82, 2.24) is 0 Å². The Balaban J connectivity index is 1.83. The van der Waals surface area contributed by atoms with Crippen molar-refractivity contribution >= 4 is 22.5 Å². The highest BCUT2D eigenvalue weighted by Gasteiger charge is 2.62. The van der Waals surface area contributed by atoms with Gasteiger partial charge in [0.15, 0.2) is 0 Å². The summed E-state index contributed by atoms with van der Waals surface area (Å²) < 4.78 is 42.0. The lowest BCUT2D eigenvalue weighted by atomic mass is 9.85. The molecule has 0 aliphatic carbocycles. The average molecular weight is 385 g/mol. The molecule has 1 unspecified atom stereocenters. The van der Waals surface area contributed by atoms with E-state index in [2.05, 4.69) is 5.16 Å². The van der Waals surface area contributed by atoms with Crippen LogP contribution in [-0.4, -0.2) is 23.0 Å². The Kier molecular flexibility index (Phi) is 4.10. The number of benzene rings is 3. The van der Waals surface area contributed by atoms with Crippen molar-refractivity contribution < 1.29 is 27.9 Å². The van der Waals surface area contributed by atoms with Gasteiger partial charge >= 0.3 is 12.1 Å². The molecule has 0 bridgehead atoms. The summed E-state index contributed by atoms with van der Waals surface area (Å²) in [6, 6.07) is 16.9. The number of aromatic carboxylic acids is 1. The Hall–Kier alpha value is -3.35. The second kappa shape index (κ2) is 6.37. The number of alkyl halides is 3. The SMILES string of the molecule is O=C(O)c1ccc(C2=NOC(c3ccccc3)(C(F)(F)F)C2)c2ccccc12. The maximum absolute atomic E-state index is 14.0. The molecule has 0 spiro atoms. The van der Waals surface area contributed by atoms with Crippen LogP contribution in [0.4, 0.5) is 13.2 Å². The van der Waals surface area contributed by atoms with E-state index in [1.165, 1.54) is 36.4 Å². The predicted molar refractivity (Wildman–Crippen MR) is 97.3 cm³/mol. The number of oxime groups is 1. The minimum atomic E-state index is -4.68. The van der Waals surface area contributed by atoms with Crippen LogP contribution in [-0.2, 0) is 10.4 Å². The Labute approximate surface area is 157 Å². The first-order valence-corrected chi connectivity index (χ1v) is 8.46. The van der Waals surface area contributed by atoms with E-state index in [1.54, 1.807) is 30.3 Å². The first kappa shape index (κ1) is 18.0. The Morgan fingerprint density at radius 1 is 0.964 bits per heavy atom. The smallest absolute Gasteiger partial charge is 0.435 e. The van der Waals surface area contributed by atoms with Crippen LogP contribution in [0.25, 0.3) is 10.8 Å². The molecule has 3 aromatic carbocycles. The molecule has 0 aromatic heterocycles. The van der Waals surface area contributed by atoms with Gasteiger partial charge in [-0.15, -0.1) is 0 Å². The fraction of sp³-hybridized carbons (Fsp3) is 0.143. The van der Waals surface area contributed by atoms with E-state index in [-0.39, 0.29) is 16.8 Å². The molecule has 0 radical (unpaired) electrons. The third kappa shape index (κ3) is 2.70. The van der Waals surface area contributed by atoms with E-state index in [9.17, 15) is 23.1 Å². The van der Waals surface area contributed by atoms with Gasteiger partial charge in [-0.1, -0.05) is 65.8 Å². The second-order valence-corrected chi connectivity index (χ2v) is 6.51. The van der Waals surface area contributed by atoms with E-state index in [1.807, 2.05) is 0 Å². The van der Waals surface area contributed by atoms with Crippen molar-refractivity contribution in [2.24, 2.45) is 5.16 Å². The summed E-state index contributed by atoms with van der Waals surface area (Å²) >= 11 is 0. The normalized spacial score (nSPS) is 19.3. The molecule has 0 amide bonds. The fourth-order valence-corrected chi connectivity index (χ4v) is 3.49. The number of nitrogens with zero attached hydrogens (tertiary/aromatic N) is 1. The van der Waals surface area contributed by atoms with Gasteiger partial charge in [-0.3, -0.25) is 0 Å². The Morgan fingerprint density at radius 2 is 1.61 bits per heavy atom. The van der Waals surface area contributed by atoms with E-state index < -0.39 is 24.2 Å². The van der Waals surface area contributed by atoms with Gasteiger partial charge in [0.05, 0.1) is 11.3 Å². The van der Waals surface area contributed by atoms with Gasteiger partial charge in [0, 0.05) is 17.5 Å². The largest absolute Gasteiger partial charge is 0.478 e. The van der Waals surface area contributed by atoms with Gasteiger partial charge in [0.1, 0.15) is 0 Å². The summed E-state index contributed by atoms with van der Waals surface area (Å²) in [5, 5.41) is 14.1. The van der Waals surface area contributed by atoms with Crippen LogP contribution in [0, 0.1) is 0 Å². The monoisotopic (exact) mass is 385 g/mol. The summed E-state index contributed by atoms with van der Waals surface area (Å²) in [6.07, 6.45) is -5.19. The van der Waals surface area contributed by atoms with Crippen LogP contribution in [0.1, 0.15) is 27.9 Å². The van der Waals surface area contributed by atoms with Crippen LogP contribution in [0.3, 0.4) is 0 Å². The van der Waals surface area contributed by atoms with Gasteiger partial charge in [-0.25, -0.2) is 4.79 Å². The van der Waals surface area contributed by atoms with Crippen molar-refractivity contribution in [2.45, 2.75) is 18.2 Å². The molecule has 3 aromatic rings. The number of halogens is 3. The van der Waals surface area contributed by atoms with E-state index >= 15 is 0 Å². The minimum absolute atomic E-state index is 0.0345. The molecule has 0 saturated carbocycles. The first-order chi connectivity index (χ1) is 13.3. The number of hydrogen-bond donors (Lipinski definition) is 1. The molecule has 28 heavy (non-hydrogen) atoms. The zero-order valence-electron chi connectivity index (χ0n) is 14.4. The molecule has 1 aliphatic rings. The number of carboxylic acids is 1. The average Bonchev–Trinajstić information content (AvgIpc) is 3.14. The molecule has 4 rings (SSSR count). The van der Waals surface area contributed by atoms with E-state index in [0.29, 0.717) is 16.3 Å². The maximum atomic E-state index is 14.0. The number of carbonyl (C=O) groups is 1. The van der Waals surface area contributed by atoms with Gasteiger partial charge < -0.3 is 9.94 Å². The number of hydrogen-bond acceptors (Lipinski definition) is 3. The molecule has 142 valence electrons. The fourth-order valence-electron chi connectivity index (χ4n) is 3.49. The van der Waals surface area contributed by atoms with Gasteiger partial charge in [-0.2, -0.15) is 13.2 Å². The van der Waals surface area contributed by atoms with Crippen LogP contribution in [0.2, 0.25) is 0 Å². The summed E-state index contributed by atoms with van der Waals surface area (Å²) in [5.41, 5.74) is -2.00. The number of fused-ring (bicyclic) bond motifs is 1. The van der Waals surface area contributed by atoms with Crippen LogP contribution < -0.4 is 0 Å². The lowest BCUT2D eigenvalue weighted by Gasteiger charge is -2.29. The van der Waals surface area contributed by atoms with Gasteiger partial charge in [0.25, 0.3) is 5.60 Å². The zero-order valence-corrected chi connectivity index (χ0v) is 14.4. The summed E-state index contributed by atoms with van der Waals surface area (Å²) in [5.74, 6) is -1.11. The number of carboxylic acid groups (broad SMARTS) is 1. The molecule has 1 heterocycles. The zero-order chi connectivity index (χ0) is 19.9. The molecular weight excluding hydrogens is 371 g/mol. The van der Waals surface area contributed by atoms with Crippen LogP contribution >= 0.6 is 0 Å². The minimum Gasteiger partial charge on any atom is -0.478 e. The van der Waals surface area contributed by atoms with Crippen LogP contribution in [0.15, 0.2) is 71.9 Å². The topological polar surface area (TPSA) is 58.9 Å². The molecule has 4 nitrogen and oxygen atoms in total. The summed E-state index contributed by atoms with van der Waals surface area (Å²) in [7, 11) is 0. The summed E-state index contributed by atoms with van der Waals surface area (Å²) in [4.78, 5) is 16.5. The predicted octanol–water partition coefficient (Wildman–Crippen LogP) is 5.12. The maximum Gasteiger partial charge on any atom is 0.435 e. The molecular formula is C21H14F3NO3. The van der Waals surface area contributed by atoms with Gasteiger partial charge in [-0.05, 0) is 16.8 Å². The summed E-state index contributed by atoms with van der Waals surface area (Å²) in [6.45, 7) is 0. The van der Waals surface area contributed by atoms with Crippen molar-refractivity contribution in [3.05, 3.63) is 83.4 Å². The van der Waals surface area contributed by atoms with Crippen LogP contribution in [0.5, 0.6) is 0 Å². The molecule has 0 saturated heterocycles. The van der Waals surface area contributed by atoms with Crippen molar-refractivity contribution in [1.29, 1.82) is 0 Å². The second-order valence-electron chi connectivity index (χ2n) is 6.51. The van der Waals surface area contributed by atoms with E-state index in [4.69, 9.17) is 4.84 Å². The van der Waals surface area contributed by atoms with Crippen molar-refractivity contribution in [3.8, 4) is 0 Å². The quantitative estimate of drug-likeness (QED) is 0.681. The lowest BCUT2D eigenvalue weighted by molar-refractivity contribution is -0.275. The highest BCUT2D eigenvalue weighted by Crippen LogP contribution is 2.49. The van der Waals surface area contributed by atoms with Crippen molar-refractivity contribution in [2.75, 3.05) is 0 Å². The first-order valence-electron chi connectivity index (χ1n) is 8.46. The standard InChI is InChI=1S/C21H14F3NO3/c22-21(23,24)20(13-6-2-1-3-7-13)12-18(25-28-20)16-10-11-17(19(26)27)15-9-5-4-8-14(15)16/h1-11H,12H2,(H,26,27). The van der Waals surface area contributed by atoms with E-state index in [0.717, 1.165) is 0 Å². The molecule has 0 fully saturated rings. The highest BCUT2D eigenvalue weighted by atomic mass is 19.4. The molecule has 1 aliphatic heterocycles. The molecule has 7 heteroatoms. The Morgan fingerprint density at radius 3 is 2.25 bits per heavy atom. The Bertz CT molecular complexity index is 1090. The third-order valence-corrected chi connectivity index (χ3v) is 4.89. The number of rotatable bonds is 3. The third-order valence-electron chi connectivity index (χ3n) is 4.89. The van der Waals surface area contributed by atoms with Crippen molar-refractivity contribution in [3.63, 3.8) is 0 Å². The molecule has 1 atom stereocenters. The lowest BCUT2D eigenvalue weighted by Crippen LogP contribution is -2.42.